The van der Waals surface area contributed by atoms with Crippen LogP contribution in [0.2, 0.25) is 0 Å². The third-order valence-corrected chi connectivity index (χ3v) is 6.59. The third kappa shape index (κ3) is 4.09. The molecule has 6 nitrogen and oxygen atoms in total. The van der Waals surface area contributed by atoms with E-state index in [4.69, 9.17) is 0 Å². The second kappa shape index (κ2) is 7.62. The molecule has 1 unspecified atom stereocenters. The second-order valence-corrected chi connectivity index (χ2v) is 8.60. The van der Waals surface area contributed by atoms with Crippen LogP contribution in [-0.2, 0) is 14.8 Å². The van der Waals surface area contributed by atoms with Gasteiger partial charge in [0.2, 0.25) is 15.9 Å². The van der Waals surface area contributed by atoms with Crippen molar-refractivity contribution in [3.05, 3.63) is 59.7 Å². The number of Topliss-reactive ketones (excluding diaryl/α,β-unsaturated/α-hetero) is 1. The molecule has 0 radical (unpaired) electrons. The second-order valence-electron chi connectivity index (χ2n) is 6.71. The van der Waals surface area contributed by atoms with Crippen LogP contribution in [-0.4, -0.2) is 37.0 Å². The summed E-state index contributed by atoms with van der Waals surface area (Å²) < 4.78 is 27.2. The highest BCUT2D eigenvalue weighted by atomic mass is 32.2. The maximum atomic E-state index is 13.0. The summed E-state index contributed by atoms with van der Waals surface area (Å²) in [7, 11) is -3.75. The van der Waals surface area contributed by atoms with E-state index in [9.17, 15) is 18.0 Å². The summed E-state index contributed by atoms with van der Waals surface area (Å²) in [6.45, 7) is 3.65. The minimum absolute atomic E-state index is 0.101. The molecule has 1 saturated heterocycles. The molecular weight excluding hydrogens is 364 g/mol. The number of ketones is 1. The molecule has 1 heterocycles. The molecule has 1 amide bonds. The van der Waals surface area contributed by atoms with Crippen LogP contribution in [0.5, 0.6) is 0 Å². The molecule has 27 heavy (non-hydrogen) atoms. The van der Waals surface area contributed by atoms with E-state index in [1.54, 1.807) is 48.5 Å². The number of carbonyl (C=O) groups excluding carboxylic acids is 2. The molecule has 1 aliphatic rings. The van der Waals surface area contributed by atoms with Crippen LogP contribution in [0.3, 0.4) is 0 Å². The summed E-state index contributed by atoms with van der Waals surface area (Å²) in [6.07, 6.45) is 1.08. The van der Waals surface area contributed by atoms with Gasteiger partial charge in [0.1, 0.15) is 6.04 Å². The smallest absolute Gasteiger partial charge is 0.243 e. The molecule has 7 heteroatoms. The van der Waals surface area contributed by atoms with Gasteiger partial charge in [-0.3, -0.25) is 9.59 Å². The van der Waals surface area contributed by atoms with Gasteiger partial charge in [0.05, 0.1) is 4.90 Å². The maximum absolute atomic E-state index is 13.0. The monoisotopic (exact) mass is 386 g/mol. The van der Waals surface area contributed by atoms with E-state index < -0.39 is 16.1 Å². The van der Waals surface area contributed by atoms with Gasteiger partial charge in [-0.05, 0) is 51.0 Å². The van der Waals surface area contributed by atoms with Crippen molar-refractivity contribution < 1.29 is 18.0 Å². The average molecular weight is 386 g/mol. The van der Waals surface area contributed by atoms with Crippen molar-refractivity contribution in [1.82, 2.24) is 4.31 Å². The first kappa shape index (κ1) is 19.3. The molecule has 3 rings (SSSR count). The first-order valence-corrected chi connectivity index (χ1v) is 10.2. The number of anilines is 1. The van der Waals surface area contributed by atoms with Gasteiger partial charge >= 0.3 is 0 Å². The van der Waals surface area contributed by atoms with Crippen molar-refractivity contribution in [3.63, 3.8) is 0 Å². The summed E-state index contributed by atoms with van der Waals surface area (Å²) in [5, 5.41) is 2.74. The summed E-state index contributed by atoms with van der Waals surface area (Å²) in [5.41, 5.74) is 1.94. The van der Waals surface area contributed by atoms with Crippen molar-refractivity contribution >= 4 is 27.4 Å². The van der Waals surface area contributed by atoms with Crippen LogP contribution in [0.4, 0.5) is 5.69 Å². The summed E-state index contributed by atoms with van der Waals surface area (Å²) in [5.74, 6) is -0.487. The van der Waals surface area contributed by atoms with Crippen molar-refractivity contribution in [1.29, 1.82) is 0 Å². The molecule has 0 aliphatic carbocycles. The quantitative estimate of drug-likeness (QED) is 0.801. The standard InChI is InChI=1S/C20H22N2O4S/c1-14-8-10-18(11-9-14)27(25,26)22-12-4-7-19(22)20(24)21-17-6-3-5-16(13-17)15(2)23/h3,5-6,8-11,13,19H,4,7,12H2,1-2H3,(H,21,24). The number of benzene rings is 2. The number of amides is 1. The third-order valence-electron chi connectivity index (χ3n) is 4.67. The molecule has 2 aromatic carbocycles. The number of hydrogen-bond donors (Lipinski definition) is 1. The molecule has 1 atom stereocenters. The lowest BCUT2D eigenvalue weighted by Gasteiger charge is -2.23. The first-order chi connectivity index (χ1) is 12.8. The van der Waals surface area contributed by atoms with Gasteiger partial charge in [0.15, 0.2) is 5.78 Å². The lowest BCUT2D eigenvalue weighted by atomic mass is 10.1. The molecule has 2 aromatic rings. The summed E-state index contributed by atoms with van der Waals surface area (Å²) in [4.78, 5) is 24.4. The zero-order valence-corrected chi connectivity index (χ0v) is 16.1. The Morgan fingerprint density at radius 3 is 2.48 bits per heavy atom. The topological polar surface area (TPSA) is 83.6 Å². The highest BCUT2D eigenvalue weighted by Crippen LogP contribution is 2.27. The number of aryl methyl sites for hydroxylation is 1. The number of rotatable bonds is 5. The average Bonchev–Trinajstić information content (AvgIpc) is 3.13. The number of carbonyl (C=O) groups is 2. The number of hydrogen-bond acceptors (Lipinski definition) is 4. The van der Waals surface area contributed by atoms with Gasteiger partial charge in [-0.15, -0.1) is 0 Å². The Labute approximate surface area is 159 Å². The normalized spacial score (nSPS) is 17.6. The van der Waals surface area contributed by atoms with Crippen LogP contribution in [0.25, 0.3) is 0 Å². The van der Waals surface area contributed by atoms with E-state index >= 15 is 0 Å². The van der Waals surface area contributed by atoms with Gasteiger partial charge in [0.25, 0.3) is 0 Å². The van der Waals surface area contributed by atoms with E-state index in [1.807, 2.05) is 6.92 Å². The highest BCUT2D eigenvalue weighted by Gasteiger charge is 2.39. The highest BCUT2D eigenvalue weighted by molar-refractivity contribution is 7.89. The Morgan fingerprint density at radius 1 is 1.11 bits per heavy atom. The maximum Gasteiger partial charge on any atom is 0.243 e. The van der Waals surface area contributed by atoms with Crippen LogP contribution in [0, 0.1) is 6.92 Å². The van der Waals surface area contributed by atoms with Crippen molar-refractivity contribution in [2.45, 2.75) is 37.6 Å². The Morgan fingerprint density at radius 2 is 1.81 bits per heavy atom. The zero-order valence-electron chi connectivity index (χ0n) is 15.3. The lowest BCUT2D eigenvalue weighted by Crippen LogP contribution is -2.43. The van der Waals surface area contributed by atoms with Crippen molar-refractivity contribution in [2.75, 3.05) is 11.9 Å². The molecule has 0 saturated carbocycles. The van der Waals surface area contributed by atoms with Crippen LogP contribution < -0.4 is 5.32 Å². The molecule has 0 bridgehead atoms. The van der Waals surface area contributed by atoms with Gasteiger partial charge < -0.3 is 5.32 Å². The van der Waals surface area contributed by atoms with Crippen LogP contribution in [0.1, 0.15) is 35.7 Å². The molecule has 0 aromatic heterocycles. The predicted molar refractivity (Wildman–Crippen MR) is 103 cm³/mol. The van der Waals surface area contributed by atoms with Crippen molar-refractivity contribution in [3.8, 4) is 0 Å². The molecule has 1 fully saturated rings. The van der Waals surface area contributed by atoms with Crippen LogP contribution >= 0.6 is 0 Å². The molecular formula is C20H22N2O4S. The largest absolute Gasteiger partial charge is 0.325 e. The lowest BCUT2D eigenvalue weighted by molar-refractivity contribution is -0.119. The zero-order chi connectivity index (χ0) is 19.6. The Kier molecular flexibility index (Phi) is 5.43. The fourth-order valence-corrected chi connectivity index (χ4v) is 4.83. The first-order valence-electron chi connectivity index (χ1n) is 8.79. The fourth-order valence-electron chi connectivity index (χ4n) is 3.18. The van der Waals surface area contributed by atoms with Crippen molar-refractivity contribution in [2.24, 2.45) is 0 Å². The summed E-state index contributed by atoms with van der Waals surface area (Å²) in [6, 6.07) is 12.5. The van der Waals surface area contributed by atoms with Gasteiger partial charge in [-0.25, -0.2) is 8.42 Å². The minimum Gasteiger partial charge on any atom is -0.325 e. The molecule has 0 spiro atoms. The Bertz CT molecular complexity index is 968. The van der Waals surface area contributed by atoms with E-state index in [1.165, 1.54) is 11.2 Å². The van der Waals surface area contributed by atoms with Gasteiger partial charge in [0, 0.05) is 17.8 Å². The predicted octanol–water partition coefficient (Wildman–Crippen LogP) is 2.99. The molecule has 142 valence electrons. The Hall–Kier alpha value is -2.51. The number of nitrogens with one attached hydrogen (secondary N) is 1. The fraction of sp³-hybridized carbons (Fsp3) is 0.300. The molecule has 1 N–H and O–H groups in total. The number of sulfonamides is 1. The SMILES string of the molecule is CC(=O)c1cccc(NC(=O)C2CCCN2S(=O)(=O)c2ccc(C)cc2)c1. The van der Waals surface area contributed by atoms with Crippen LogP contribution in [0.15, 0.2) is 53.4 Å². The number of nitrogens with zero attached hydrogens (tertiary/aromatic N) is 1. The van der Waals surface area contributed by atoms with E-state index in [0.29, 0.717) is 30.6 Å². The minimum atomic E-state index is -3.75. The van der Waals surface area contributed by atoms with E-state index in [2.05, 4.69) is 5.32 Å². The summed E-state index contributed by atoms with van der Waals surface area (Å²) >= 11 is 0. The Balaban J connectivity index is 1.81. The molecule has 1 aliphatic heterocycles. The van der Waals surface area contributed by atoms with E-state index in [0.717, 1.165) is 5.56 Å². The van der Waals surface area contributed by atoms with Gasteiger partial charge in [-0.2, -0.15) is 4.31 Å². The van der Waals surface area contributed by atoms with Gasteiger partial charge in [-0.1, -0.05) is 29.8 Å². The van der Waals surface area contributed by atoms with E-state index in [-0.39, 0.29) is 16.6 Å².